The van der Waals surface area contributed by atoms with Crippen molar-refractivity contribution in [3.05, 3.63) is 60.2 Å². The van der Waals surface area contributed by atoms with Crippen LogP contribution in [0.2, 0.25) is 0 Å². The van der Waals surface area contributed by atoms with Gasteiger partial charge in [0.2, 0.25) is 5.95 Å². The van der Waals surface area contributed by atoms with Crippen LogP contribution in [0.15, 0.2) is 48.8 Å². The van der Waals surface area contributed by atoms with Crippen LogP contribution in [0.1, 0.15) is 58.0 Å². The van der Waals surface area contributed by atoms with Crippen LogP contribution < -0.4 is 15.0 Å². The van der Waals surface area contributed by atoms with Gasteiger partial charge in [-0.05, 0) is 51.0 Å². The molecule has 268 valence electrons. The first-order valence-corrected chi connectivity index (χ1v) is 17.1. The van der Waals surface area contributed by atoms with Crippen molar-refractivity contribution < 1.29 is 28.8 Å². The molecule has 1 aromatic carbocycles. The quantitative estimate of drug-likeness (QED) is 0.110. The third kappa shape index (κ3) is 12.3. The number of aliphatic hydroxyl groups excluding tert-OH is 1. The lowest BCUT2D eigenvalue weighted by Crippen LogP contribution is -2.39. The number of hydrogen-bond acceptors (Lipinski definition) is 12. The van der Waals surface area contributed by atoms with Crippen molar-refractivity contribution in [1.82, 2.24) is 24.5 Å². The number of rotatable bonds is 17. The van der Waals surface area contributed by atoms with Gasteiger partial charge in [0.1, 0.15) is 47.7 Å². The molecule has 0 unspecified atom stereocenters. The monoisotopic (exact) mass is 679 g/mol. The Balaban J connectivity index is 0.00000157. The lowest BCUT2D eigenvalue weighted by atomic mass is 10.1. The van der Waals surface area contributed by atoms with E-state index in [0.717, 1.165) is 74.2 Å². The summed E-state index contributed by atoms with van der Waals surface area (Å²) in [5.74, 6) is 3.98. The second kappa shape index (κ2) is 21.7. The average Bonchev–Trinajstić information content (AvgIpc) is 3.47. The molecule has 13 heteroatoms. The van der Waals surface area contributed by atoms with Gasteiger partial charge in [0.25, 0.3) is 0 Å². The van der Waals surface area contributed by atoms with Crippen LogP contribution in [0.3, 0.4) is 0 Å². The zero-order valence-corrected chi connectivity index (χ0v) is 29.8. The van der Waals surface area contributed by atoms with Crippen LogP contribution in [0.25, 0.3) is 11.0 Å². The third-order valence-corrected chi connectivity index (χ3v) is 7.58. The zero-order valence-electron chi connectivity index (χ0n) is 29.8. The van der Waals surface area contributed by atoms with Crippen molar-refractivity contribution in [1.29, 1.82) is 0 Å². The Morgan fingerprint density at radius 3 is 2.27 bits per heavy atom. The first-order chi connectivity index (χ1) is 24.0. The fourth-order valence-electron chi connectivity index (χ4n) is 5.40. The third-order valence-electron chi connectivity index (χ3n) is 7.58. The summed E-state index contributed by atoms with van der Waals surface area (Å²) < 4.78 is 24.6. The number of imidazole rings is 1. The second-order valence-electron chi connectivity index (χ2n) is 11.2. The van der Waals surface area contributed by atoms with Gasteiger partial charge in [0, 0.05) is 51.3 Å². The van der Waals surface area contributed by atoms with Gasteiger partial charge in [-0.3, -0.25) is 0 Å². The standard InChI is InChI=1S/C33H43N7O5.C2H6.CH4O/c1-24(2)40-25(3)36-29-23-35-32(22-30(29)40)37-31-8-12-34-33(38-31)39-13-9-28(10-14-39)45-27-6-4-26(5-7-27)11-16-42-18-20-44-21-19-43-17-15-41;2*1-2/h4-8,12,15,22-24,28H,9-11,13-14,16-21H2,1-3H3,(H,34,35,37,38);1-2H3;2H,1H3. The number of carbonyl (C=O) groups excluding carboxylic acids is 1. The minimum Gasteiger partial charge on any atom is -0.490 e. The van der Waals surface area contributed by atoms with Gasteiger partial charge in [0.15, 0.2) is 0 Å². The summed E-state index contributed by atoms with van der Waals surface area (Å²) in [4.78, 5) is 30.9. The number of ether oxygens (including phenoxy) is 4. The molecule has 0 atom stereocenters. The molecule has 3 aromatic heterocycles. The molecule has 49 heavy (non-hydrogen) atoms. The van der Waals surface area contributed by atoms with Crippen LogP contribution in [0, 0.1) is 6.92 Å². The van der Waals surface area contributed by atoms with Gasteiger partial charge in [0.05, 0.1) is 44.7 Å². The molecule has 5 rings (SSSR count). The highest BCUT2D eigenvalue weighted by molar-refractivity contribution is 5.79. The number of aromatic nitrogens is 5. The summed E-state index contributed by atoms with van der Waals surface area (Å²) in [5, 5.41) is 10.3. The van der Waals surface area contributed by atoms with E-state index in [1.807, 2.05) is 45.0 Å². The van der Waals surface area contributed by atoms with E-state index in [1.165, 1.54) is 5.56 Å². The predicted octanol–water partition coefficient (Wildman–Crippen LogP) is 5.33. The number of nitrogens with one attached hydrogen (secondary N) is 1. The van der Waals surface area contributed by atoms with E-state index in [-0.39, 0.29) is 12.7 Å². The van der Waals surface area contributed by atoms with Gasteiger partial charge in [-0.2, -0.15) is 4.98 Å². The first kappa shape index (κ1) is 39.3. The smallest absolute Gasteiger partial charge is 0.227 e. The predicted molar refractivity (Wildman–Crippen MR) is 192 cm³/mol. The SMILES string of the molecule is CC.CO.Cc1nc2cnc(Nc3ccnc(N4CCC(Oc5ccc(CCOCCOCCOCC=O)cc5)CC4)n3)cc2n1C(C)C. The minimum absolute atomic E-state index is 0.107. The van der Waals surface area contributed by atoms with E-state index in [4.69, 9.17) is 29.0 Å². The maximum atomic E-state index is 10.2. The lowest BCUT2D eigenvalue weighted by molar-refractivity contribution is -0.112. The number of aryl methyl sites for hydroxylation is 1. The van der Waals surface area contributed by atoms with Gasteiger partial charge in [-0.25, -0.2) is 15.0 Å². The summed E-state index contributed by atoms with van der Waals surface area (Å²) in [5.41, 5.74) is 3.13. The van der Waals surface area contributed by atoms with Crippen molar-refractivity contribution in [2.45, 2.75) is 66.0 Å². The Kier molecular flexibility index (Phi) is 17.4. The van der Waals surface area contributed by atoms with Crippen molar-refractivity contribution in [3.8, 4) is 5.75 Å². The average molecular weight is 680 g/mol. The van der Waals surface area contributed by atoms with E-state index >= 15 is 0 Å². The molecular weight excluding hydrogens is 626 g/mol. The van der Waals surface area contributed by atoms with Crippen LogP contribution >= 0.6 is 0 Å². The van der Waals surface area contributed by atoms with E-state index in [1.54, 1.807) is 12.4 Å². The van der Waals surface area contributed by atoms with Crippen LogP contribution in [0.5, 0.6) is 5.75 Å². The minimum atomic E-state index is 0.107. The molecule has 1 saturated heterocycles. The van der Waals surface area contributed by atoms with Gasteiger partial charge in [-0.1, -0.05) is 26.0 Å². The van der Waals surface area contributed by atoms with E-state index in [0.29, 0.717) is 50.8 Å². The van der Waals surface area contributed by atoms with E-state index < -0.39 is 0 Å². The largest absolute Gasteiger partial charge is 0.490 e. The Labute approximate surface area is 290 Å². The normalized spacial score (nSPS) is 13.0. The fourth-order valence-corrected chi connectivity index (χ4v) is 5.40. The summed E-state index contributed by atoms with van der Waals surface area (Å²) in [6.07, 6.45) is 7.05. The molecule has 2 N–H and O–H groups in total. The highest BCUT2D eigenvalue weighted by Gasteiger charge is 2.22. The molecule has 0 radical (unpaired) electrons. The number of pyridine rings is 1. The highest BCUT2D eigenvalue weighted by Crippen LogP contribution is 2.25. The lowest BCUT2D eigenvalue weighted by Gasteiger charge is -2.32. The van der Waals surface area contributed by atoms with Gasteiger partial charge < -0.3 is 43.6 Å². The maximum absolute atomic E-state index is 10.2. The van der Waals surface area contributed by atoms with Gasteiger partial charge in [-0.15, -0.1) is 0 Å². The molecule has 4 aromatic rings. The van der Waals surface area contributed by atoms with Crippen molar-refractivity contribution >= 4 is 34.9 Å². The fraction of sp³-hybridized carbons (Fsp3) is 0.528. The second-order valence-corrected chi connectivity index (χ2v) is 11.2. The summed E-state index contributed by atoms with van der Waals surface area (Å²) in [6, 6.07) is 12.4. The highest BCUT2D eigenvalue weighted by atomic mass is 16.5. The van der Waals surface area contributed by atoms with Crippen LogP contribution in [-0.4, -0.2) is 102 Å². The van der Waals surface area contributed by atoms with Crippen molar-refractivity contribution in [3.63, 3.8) is 0 Å². The number of piperidine rings is 1. The van der Waals surface area contributed by atoms with Gasteiger partial charge >= 0.3 is 0 Å². The Bertz CT molecular complexity index is 1510. The molecular formula is C36H53N7O6. The Morgan fingerprint density at radius 2 is 1.59 bits per heavy atom. The molecule has 0 saturated carbocycles. The molecule has 0 amide bonds. The summed E-state index contributed by atoms with van der Waals surface area (Å²) >= 11 is 0. The summed E-state index contributed by atoms with van der Waals surface area (Å²) in [7, 11) is 1.00. The first-order valence-electron chi connectivity index (χ1n) is 17.1. The number of fused-ring (bicyclic) bond motifs is 1. The molecule has 0 spiro atoms. The molecule has 4 heterocycles. The van der Waals surface area contributed by atoms with Crippen molar-refractivity contribution in [2.75, 3.05) is 70.1 Å². The van der Waals surface area contributed by atoms with Crippen molar-refractivity contribution in [2.24, 2.45) is 0 Å². The molecule has 13 nitrogen and oxygen atoms in total. The van der Waals surface area contributed by atoms with Crippen LogP contribution in [0.4, 0.5) is 17.6 Å². The molecule has 1 aliphatic rings. The topological polar surface area (TPSA) is 146 Å². The molecule has 0 bridgehead atoms. The number of nitrogens with zero attached hydrogens (tertiary/aromatic N) is 6. The van der Waals surface area contributed by atoms with E-state index in [2.05, 4.69) is 55.7 Å². The number of anilines is 3. The Morgan fingerprint density at radius 1 is 0.918 bits per heavy atom. The number of hydrogen-bond donors (Lipinski definition) is 2. The molecule has 1 aliphatic heterocycles. The molecule has 0 aliphatic carbocycles. The molecule has 1 fully saturated rings. The number of carbonyl (C=O) groups is 1. The maximum Gasteiger partial charge on any atom is 0.227 e. The van der Waals surface area contributed by atoms with E-state index in [9.17, 15) is 4.79 Å². The Hall–Kier alpha value is -4.17. The zero-order chi connectivity index (χ0) is 35.4. The number of aliphatic hydroxyl groups is 1. The number of aldehydes is 1. The van der Waals surface area contributed by atoms with Crippen LogP contribution in [-0.2, 0) is 25.4 Å². The summed E-state index contributed by atoms with van der Waals surface area (Å²) in [6.45, 7) is 14.6. The number of benzene rings is 1.